The molecule has 0 aromatic heterocycles. The largest absolute Gasteiger partial charge is 0.444 e. The number of nitrogens with zero attached hydrogens (tertiary/aromatic N) is 5. The van der Waals surface area contributed by atoms with Gasteiger partial charge in [-0.15, -0.1) is 0 Å². The molecule has 1 spiro atoms. The van der Waals surface area contributed by atoms with Crippen LogP contribution in [0.3, 0.4) is 0 Å². The number of hydrogen-bond donors (Lipinski definition) is 1. The van der Waals surface area contributed by atoms with Crippen molar-refractivity contribution in [1.82, 2.24) is 9.80 Å². The highest BCUT2D eigenvalue weighted by molar-refractivity contribution is 5.70. The van der Waals surface area contributed by atoms with E-state index in [0.29, 0.717) is 5.57 Å². The first-order valence-corrected chi connectivity index (χ1v) is 12.0. The molecule has 0 bridgehead atoms. The molecule has 2 heterocycles. The van der Waals surface area contributed by atoms with Crippen LogP contribution in [0.2, 0.25) is 0 Å². The van der Waals surface area contributed by atoms with Gasteiger partial charge in [0.25, 0.3) is 0 Å². The molecular formula is C26H34N6O4. The van der Waals surface area contributed by atoms with Crippen LogP contribution in [0.25, 0.3) is 0 Å². The zero-order valence-electron chi connectivity index (χ0n) is 21.8. The minimum Gasteiger partial charge on any atom is -0.444 e. The summed E-state index contributed by atoms with van der Waals surface area (Å²) in [7, 11) is 0. The Morgan fingerprint density at radius 1 is 0.972 bits per heavy atom. The van der Waals surface area contributed by atoms with E-state index in [1.54, 1.807) is 52.5 Å². The molecule has 0 aromatic carbocycles. The van der Waals surface area contributed by atoms with Gasteiger partial charge in [-0.25, -0.2) is 9.59 Å². The molecule has 0 saturated carbocycles. The Morgan fingerprint density at radius 3 is 1.92 bits per heavy atom. The molecule has 192 valence electrons. The van der Waals surface area contributed by atoms with Crippen molar-refractivity contribution in [2.45, 2.75) is 65.6 Å². The Morgan fingerprint density at radius 2 is 1.47 bits per heavy atom. The Balaban J connectivity index is 2.06. The number of ether oxygens (including phenoxy) is 2. The molecule has 10 nitrogen and oxygen atoms in total. The minimum absolute atomic E-state index is 0.0612. The number of nitriles is 3. The zero-order chi connectivity index (χ0) is 27.1. The summed E-state index contributed by atoms with van der Waals surface area (Å²) in [5.41, 5.74) is 2.94. The third-order valence-corrected chi connectivity index (χ3v) is 7.09. The molecule has 0 unspecified atom stereocenters. The summed E-state index contributed by atoms with van der Waals surface area (Å²) in [6.07, 6.45) is 1.33. The first-order chi connectivity index (χ1) is 16.6. The van der Waals surface area contributed by atoms with Crippen LogP contribution in [0.4, 0.5) is 9.59 Å². The Kier molecular flexibility index (Phi) is 6.77. The van der Waals surface area contributed by atoms with Crippen molar-refractivity contribution >= 4 is 12.2 Å². The number of allylic oxidation sites excluding steroid dienone is 2. The van der Waals surface area contributed by atoms with Crippen molar-refractivity contribution in [2.75, 3.05) is 26.2 Å². The zero-order valence-corrected chi connectivity index (χ0v) is 21.8. The topological polar surface area (TPSA) is 156 Å². The van der Waals surface area contributed by atoms with E-state index in [9.17, 15) is 25.4 Å². The van der Waals surface area contributed by atoms with Gasteiger partial charge in [-0.1, -0.05) is 6.08 Å². The lowest BCUT2D eigenvalue weighted by atomic mass is 9.47. The average molecular weight is 495 g/mol. The fourth-order valence-electron chi connectivity index (χ4n) is 5.47. The quantitative estimate of drug-likeness (QED) is 0.535. The fraction of sp³-hybridized carbons (Fsp3) is 0.654. The molecule has 3 aliphatic rings. The number of carbonyl (C=O) groups is 2. The molecule has 1 atom stereocenters. The van der Waals surface area contributed by atoms with Gasteiger partial charge in [-0.05, 0) is 60.0 Å². The Labute approximate surface area is 212 Å². The van der Waals surface area contributed by atoms with Crippen LogP contribution in [0, 0.1) is 50.7 Å². The second-order valence-corrected chi connectivity index (χ2v) is 11.6. The lowest BCUT2D eigenvalue weighted by Gasteiger charge is -2.56. The molecule has 3 rings (SSSR count). The van der Waals surface area contributed by atoms with Gasteiger partial charge in [0.1, 0.15) is 17.3 Å². The van der Waals surface area contributed by atoms with Gasteiger partial charge >= 0.3 is 12.2 Å². The van der Waals surface area contributed by atoms with Gasteiger partial charge in [-0.3, -0.25) is 0 Å². The molecule has 10 heteroatoms. The SMILES string of the molecule is CC(C)(C)OC(=O)N1CCC2(CC1)[C@H]1CN(C(=O)OC(C)(C)C)CC=C1C(C#N)=C(N)C2(C#N)C#N. The van der Waals surface area contributed by atoms with E-state index in [1.807, 2.05) is 0 Å². The van der Waals surface area contributed by atoms with Crippen LogP contribution < -0.4 is 5.73 Å². The molecule has 0 radical (unpaired) electrons. The molecular weight excluding hydrogens is 460 g/mol. The second-order valence-electron chi connectivity index (χ2n) is 11.6. The van der Waals surface area contributed by atoms with Crippen molar-refractivity contribution in [3.63, 3.8) is 0 Å². The maximum atomic E-state index is 12.9. The third-order valence-electron chi connectivity index (χ3n) is 7.09. The number of amides is 2. The second kappa shape index (κ2) is 9.06. The van der Waals surface area contributed by atoms with Crippen LogP contribution in [0.15, 0.2) is 22.9 Å². The van der Waals surface area contributed by atoms with E-state index >= 15 is 0 Å². The van der Waals surface area contributed by atoms with E-state index in [4.69, 9.17) is 15.2 Å². The molecule has 2 N–H and O–H groups in total. The van der Waals surface area contributed by atoms with Crippen molar-refractivity contribution in [2.24, 2.45) is 22.5 Å². The van der Waals surface area contributed by atoms with E-state index in [1.165, 1.54) is 4.90 Å². The van der Waals surface area contributed by atoms with Gasteiger partial charge in [0.15, 0.2) is 5.41 Å². The number of likely N-dealkylation sites (tertiary alicyclic amines) is 1. The standard InChI is InChI=1S/C26H34N6O4/c1-23(2,3)35-21(33)31-11-8-25(9-12-31)19-14-32(22(34)36-24(4,5)6)10-7-17(19)18(13-27)20(30)26(25,15-28)16-29/h7,19H,8-12,14,30H2,1-6H3/t19-/m0/s1. The predicted octanol–water partition coefficient (Wildman–Crippen LogP) is 3.58. The molecule has 0 aromatic rings. The van der Waals surface area contributed by atoms with Crippen molar-refractivity contribution < 1.29 is 19.1 Å². The van der Waals surface area contributed by atoms with Crippen LogP contribution in [-0.2, 0) is 9.47 Å². The summed E-state index contributed by atoms with van der Waals surface area (Å²) in [6, 6.07) is 6.39. The molecule has 1 aliphatic carbocycles. The Bertz CT molecular complexity index is 1110. The maximum absolute atomic E-state index is 12.9. The maximum Gasteiger partial charge on any atom is 0.410 e. The number of piperidine rings is 1. The summed E-state index contributed by atoms with van der Waals surface area (Å²) in [5, 5.41) is 30.7. The van der Waals surface area contributed by atoms with Crippen LogP contribution in [0.1, 0.15) is 54.4 Å². The highest BCUT2D eigenvalue weighted by Crippen LogP contribution is 2.61. The fourth-order valence-corrected chi connectivity index (χ4v) is 5.47. The highest BCUT2D eigenvalue weighted by atomic mass is 16.6. The first-order valence-electron chi connectivity index (χ1n) is 12.0. The summed E-state index contributed by atoms with van der Waals surface area (Å²) in [4.78, 5) is 28.7. The molecule has 2 amide bonds. The number of nitrogens with two attached hydrogens (primary N) is 1. The lowest BCUT2D eigenvalue weighted by molar-refractivity contribution is -0.0292. The van der Waals surface area contributed by atoms with Crippen molar-refractivity contribution in [3.05, 3.63) is 22.9 Å². The van der Waals surface area contributed by atoms with Gasteiger partial charge < -0.3 is 25.0 Å². The van der Waals surface area contributed by atoms with Crippen molar-refractivity contribution in [1.29, 1.82) is 15.8 Å². The van der Waals surface area contributed by atoms with E-state index < -0.39 is 40.1 Å². The van der Waals surface area contributed by atoms with Gasteiger partial charge in [0, 0.05) is 37.5 Å². The minimum atomic E-state index is -1.79. The summed E-state index contributed by atoms with van der Waals surface area (Å²) < 4.78 is 11.1. The van der Waals surface area contributed by atoms with Crippen LogP contribution in [0.5, 0.6) is 0 Å². The van der Waals surface area contributed by atoms with Crippen LogP contribution in [-0.4, -0.2) is 59.4 Å². The van der Waals surface area contributed by atoms with E-state index in [2.05, 4.69) is 18.2 Å². The van der Waals surface area contributed by atoms with Crippen molar-refractivity contribution in [3.8, 4) is 18.2 Å². The Hall–Kier alpha value is -3.71. The monoisotopic (exact) mass is 494 g/mol. The number of hydrogen-bond acceptors (Lipinski definition) is 8. The third kappa shape index (κ3) is 4.46. The molecule has 1 saturated heterocycles. The first kappa shape index (κ1) is 26.9. The average Bonchev–Trinajstić information content (AvgIpc) is 2.78. The molecule has 1 fully saturated rings. The van der Waals surface area contributed by atoms with Crippen LogP contribution >= 0.6 is 0 Å². The number of carbonyl (C=O) groups excluding carboxylic acids is 2. The van der Waals surface area contributed by atoms with Gasteiger partial charge in [-0.2, -0.15) is 15.8 Å². The van der Waals surface area contributed by atoms with Gasteiger partial charge in [0.2, 0.25) is 0 Å². The predicted molar refractivity (Wildman–Crippen MR) is 129 cm³/mol. The van der Waals surface area contributed by atoms with E-state index in [-0.39, 0.29) is 50.3 Å². The summed E-state index contributed by atoms with van der Waals surface area (Å²) in [6.45, 7) is 11.5. The molecule has 36 heavy (non-hydrogen) atoms. The molecule has 2 aliphatic heterocycles. The normalized spacial score (nSPS) is 23.0. The number of rotatable bonds is 0. The van der Waals surface area contributed by atoms with E-state index in [0.717, 1.165) is 0 Å². The highest BCUT2D eigenvalue weighted by Gasteiger charge is 2.64. The van der Waals surface area contributed by atoms with Gasteiger partial charge in [0.05, 0.1) is 23.4 Å². The summed E-state index contributed by atoms with van der Waals surface area (Å²) in [5.74, 6) is -0.513. The smallest absolute Gasteiger partial charge is 0.410 e. The lowest BCUT2D eigenvalue weighted by Crippen LogP contribution is -2.61. The number of fused-ring (bicyclic) bond motifs is 2. The summed E-state index contributed by atoms with van der Waals surface area (Å²) >= 11 is 0.